The van der Waals surface area contributed by atoms with Gasteiger partial charge >= 0.3 is 0 Å². The third-order valence-electron chi connectivity index (χ3n) is 1.69. The fourth-order valence-corrected chi connectivity index (χ4v) is 0.658. The largest absolute Gasteiger partial charge is 0.337 e. The van der Waals surface area contributed by atoms with Crippen LogP contribution in [-0.2, 0) is 5.54 Å². The van der Waals surface area contributed by atoms with E-state index in [4.69, 9.17) is 4.52 Å². The molecule has 1 heterocycles. The van der Waals surface area contributed by atoms with Crippen molar-refractivity contribution in [2.75, 3.05) is 7.05 Å². The monoisotopic (exact) mass is 185 g/mol. The number of rotatable bonds is 2. The summed E-state index contributed by atoms with van der Waals surface area (Å²) in [7, 11) is 1.86. The summed E-state index contributed by atoms with van der Waals surface area (Å²) in [4.78, 5) is 4.11. The Balaban J connectivity index is 0.000000671. The van der Waals surface area contributed by atoms with E-state index in [1.807, 2.05) is 34.7 Å². The Bertz CT molecular complexity index is 243. The predicted molar refractivity (Wildman–Crippen MR) is 52.5 cm³/mol. The van der Waals surface area contributed by atoms with E-state index in [2.05, 4.69) is 15.5 Å². The first-order chi connectivity index (χ1) is 6.06. The predicted octanol–water partition coefficient (Wildman–Crippen LogP) is 1.86. The number of nitrogens with one attached hydrogen (secondary N) is 1. The van der Waals surface area contributed by atoms with Crippen molar-refractivity contribution in [2.24, 2.45) is 0 Å². The number of aromatic nitrogens is 2. The van der Waals surface area contributed by atoms with Gasteiger partial charge in [-0.05, 0) is 27.8 Å². The van der Waals surface area contributed by atoms with Crippen LogP contribution in [-0.4, -0.2) is 17.2 Å². The van der Waals surface area contributed by atoms with Gasteiger partial charge in [-0.1, -0.05) is 19.0 Å². The fourth-order valence-electron chi connectivity index (χ4n) is 0.658. The van der Waals surface area contributed by atoms with E-state index in [-0.39, 0.29) is 5.54 Å². The Morgan fingerprint density at radius 3 is 2.15 bits per heavy atom. The average molecular weight is 185 g/mol. The van der Waals surface area contributed by atoms with Gasteiger partial charge in [0.25, 0.3) is 0 Å². The lowest BCUT2D eigenvalue weighted by atomic mass is 10.1. The fraction of sp³-hybridized carbons (Fsp3) is 0.778. The molecule has 0 aliphatic heterocycles. The Labute approximate surface area is 79.7 Å². The molecule has 0 amide bonds. The zero-order valence-corrected chi connectivity index (χ0v) is 9.30. The van der Waals surface area contributed by atoms with Gasteiger partial charge in [0.15, 0.2) is 5.82 Å². The molecule has 0 saturated heterocycles. The van der Waals surface area contributed by atoms with Crippen LogP contribution < -0.4 is 5.32 Å². The molecule has 0 aromatic carbocycles. The van der Waals surface area contributed by atoms with Crippen molar-refractivity contribution in [1.82, 2.24) is 15.5 Å². The van der Waals surface area contributed by atoms with E-state index in [1.54, 1.807) is 6.92 Å². The average Bonchev–Trinajstić information content (AvgIpc) is 2.56. The number of hydrogen-bond donors (Lipinski definition) is 1. The Kier molecular flexibility index (Phi) is 4.62. The minimum absolute atomic E-state index is 0.235. The Morgan fingerprint density at radius 2 is 1.85 bits per heavy atom. The van der Waals surface area contributed by atoms with Crippen LogP contribution >= 0.6 is 0 Å². The van der Waals surface area contributed by atoms with E-state index in [9.17, 15) is 0 Å². The molecular formula is C9H19N3O. The van der Waals surface area contributed by atoms with Crippen LogP contribution in [0.4, 0.5) is 0 Å². The molecule has 4 nitrogen and oxygen atoms in total. The third kappa shape index (κ3) is 3.14. The third-order valence-corrected chi connectivity index (χ3v) is 1.69. The van der Waals surface area contributed by atoms with Gasteiger partial charge in [0.1, 0.15) is 0 Å². The molecule has 0 unspecified atom stereocenters. The topological polar surface area (TPSA) is 51.0 Å². The lowest BCUT2D eigenvalue weighted by Gasteiger charge is -2.17. The zero-order chi connectivity index (χ0) is 10.5. The first kappa shape index (κ1) is 12.1. The first-order valence-corrected chi connectivity index (χ1v) is 4.56. The van der Waals surface area contributed by atoms with Crippen LogP contribution in [0.15, 0.2) is 4.52 Å². The highest BCUT2D eigenvalue weighted by molar-refractivity contribution is 4.97. The summed E-state index contributed by atoms with van der Waals surface area (Å²) in [5.74, 6) is 1.29. The maximum Gasteiger partial charge on any atom is 0.246 e. The van der Waals surface area contributed by atoms with Crippen molar-refractivity contribution >= 4 is 0 Å². The van der Waals surface area contributed by atoms with Gasteiger partial charge in [-0.25, -0.2) is 0 Å². The van der Waals surface area contributed by atoms with E-state index in [0.717, 1.165) is 0 Å². The van der Waals surface area contributed by atoms with Crippen LogP contribution in [0, 0.1) is 6.92 Å². The van der Waals surface area contributed by atoms with E-state index in [1.165, 1.54) is 0 Å². The molecule has 0 bridgehead atoms. The minimum Gasteiger partial charge on any atom is -0.337 e. The maximum absolute atomic E-state index is 5.00. The van der Waals surface area contributed by atoms with Crippen molar-refractivity contribution in [2.45, 2.75) is 40.2 Å². The van der Waals surface area contributed by atoms with Crippen molar-refractivity contribution < 1.29 is 4.52 Å². The summed E-state index contributed by atoms with van der Waals surface area (Å²) < 4.78 is 5.00. The van der Waals surface area contributed by atoms with E-state index >= 15 is 0 Å². The molecule has 1 aromatic rings. The van der Waals surface area contributed by atoms with E-state index < -0.39 is 0 Å². The van der Waals surface area contributed by atoms with Crippen LogP contribution in [0.3, 0.4) is 0 Å². The summed E-state index contributed by atoms with van der Waals surface area (Å²) in [6.07, 6.45) is 0. The second-order valence-corrected chi connectivity index (χ2v) is 3.02. The molecule has 1 N–H and O–H groups in total. The number of hydrogen-bond acceptors (Lipinski definition) is 4. The second kappa shape index (κ2) is 4.97. The molecule has 0 aliphatic rings. The highest BCUT2D eigenvalue weighted by atomic mass is 16.5. The summed E-state index contributed by atoms with van der Waals surface area (Å²) in [5.41, 5.74) is -0.235. The van der Waals surface area contributed by atoms with Gasteiger partial charge in [-0.15, -0.1) is 0 Å². The maximum atomic E-state index is 5.00. The first-order valence-electron chi connectivity index (χ1n) is 4.56. The molecule has 0 atom stereocenters. The van der Waals surface area contributed by atoms with Crippen LogP contribution in [0.5, 0.6) is 0 Å². The minimum atomic E-state index is -0.235. The smallest absolute Gasteiger partial charge is 0.246 e. The number of nitrogens with zero attached hydrogens (tertiary/aromatic N) is 2. The summed E-state index contributed by atoms with van der Waals surface area (Å²) >= 11 is 0. The van der Waals surface area contributed by atoms with Crippen molar-refractivity contribution in [3.63, 3.8) is 0 Å². The van der Waals surface area contributed by atoms with Crippen molar-refractivity contribution in [1.29, 1.82) is 0 Å². The normalized spacial score (nSPS) is 10.6. The molecule has 0 fully saturated rings. The molecular weight excluding hydrogens is 166 g/mol. The van der Waals surface area contributed by atoms with Gasteiger partial charge in [0, 0.05) is 0 Å². The van der Waals surface area contributed by atoms with E-state index in [0.29, 0.717) is 11.7 Å². The van der Waals surface area contributed by atoms with Crippen LogP contribution in [0.2, 0.25) is 0 Å². The second-order valence-electron chi connectivity index (χ2n) is 3.02. The van der Waals surface area contributed by atoms with Gasteiger partial charge in [0.05, 0.1) is 5.54 Å². The Hall–Kier alpha value is -0.900. The van der Waals surface area contributed by atoms with Gasteiger partial charge in [-0.2, -0.15) is 4.98 Å². The zero-order valence-electron chi connectivity index (χ0n) is 9.30. The molecule has 0 radical (unpaired) electrons. The highest BCUT2D eigenvalue weighted by Crippen LogP contribution is 2.16. The molecule has 4 heteroatoms. The summed E-state index contributed by atoms with van der Waals surface area (Å²) in [6, 6.07) is 0. The standard InChI is InChI=1S/C7H13N3O.C2H6/c1-5-9-6(11-10-5)7(2,3)8-4;1-2/h8H,1-4H3;1-2H3. The lowest BCUT2D eigenvalue weighted by Crippen LogP contribution is -2.33. The molecule has 76 valence electrons. The highest BCUT2D eigenvalue weighted by Gasteiger charge is 2.24. The van der Waals surface area contributed by atoms with Gasteiger partial charge in [-0.3, -0.25) is 0 Å². The number of aryl methyl sites for hydroxylation is 1. The molecule has 0 aliphatic carbocycles. The van der Waals surface area contributed by atoms with Gasteiger partial charge < -0.3 is 9.84 Å². The quantitative estimate of drug-likeness (QED) is 0.764. The molecule has 0 spiro atoms. The van der Waals surface area contributed by atoms with Crippen LogP contribution in [0.25, 0.3) is 0 Å². The lowest BCUT2D eigenvalue weighted by molar-refractivity contribution is 0.280. The Morgan fingerprint density at radius 1 is 1.31 bits per heavy atom. The molecule has 1 aromatic heterocycles. The SMILES string of the molecule is CC.CNC(C)(C)c1nc(C)no1. The molecule has 1 rings (SSSR count). The van der Waals surface area contributed by atoms with Crippen molar-refractivity contribution in [3.05, 3.63) is 11.7 Å². The molecule has 0 saturated carbocycles. The van der Waals surface area contributed by atoms with Crippen LogP contribution in [0.1, 0.15) is 39.4 Å². The van der Waals surface area contributed by atoms with Gasteiger partial charge in [0.2, 0.25) is 5.89 Å². The molecule has 13 heavy (non-hydrogen) atoms. The van der Waals surface area contributed by atoms with Crippen molar-refractivity contribution in [3.8, 4) is 0 Å². The summed E-state index contributed by atoms with van der Waals surface area (Å²) in [6.45, 7) is 9.78. The summed E-state index contributed by atoms with van der Waals surface area (Å²) in [5, 5.41) is 6.78.